The van der Waals surface area contributed by atoms with Crippen molar-refractivity contribution in [3.05, 3.63) is 59.9 Å². The number of halogens is 1. The molecular formula is C25H24FN5O3. The number of methoxy groups -OCH3 is 1. The molecule has 2 aromatic carbocycles. The molecule has 2 heterocycles. The molecule has 1 aliphatic rings. The number of primary amides is 1. The highest BCUT2D eigenvalue weighted by Crippen LogP contribution is 2.43. The van der Waals surface area contributed by atoms with Gasteiger partial charge in [0.1, 0.15) is 28.6 Å². The lowest BCUT2D eigenvalue weighted by Crippen LogP contribution is -2.42. The number of hydrogen-bond acceptors (Lipinski definition) is 6. The van der Waals surface area contributed by atoms with Gasteiger partial charge in [-0.15, -0.1) is 0 Å². The van der Waals surface area contributed by atoms with Gasteiger partial charge in [0.05, 0.1) is 30.0 Å². The van der Waals surface area contributed by atoms with Gasteiger partial charge in [-0.25, -0.2) is 14.1 Å². The monoisotopic (exact) mass is 461 g/mol. The van der Waals surface area contributed by atoms with Gasteiger partial charge in [-0.2, -0.15) is 5.10 Å². The van der Waals surface area contributed by atoms with Crippen molar-refractivity contribution < 1.29 is 19.0 Å². The van der Waals surface area contributed by atoms with E-state index in [1.165, 1.54) is 12.1 Å². The molecule has 34 heavy (non-hydrogen) atoms. The van der Waals surface area contributed by atoms with Crippen molar-refractivity contribution >= 4 is 22.6 Å². The zero-order valence-electron chi connectivity index (χ0n) is 18.7. The summed E-state index contributed by atoms with van der Waals surface area (Å²) in [5.74, 6) is -0.312. The van der Waals surface area contributed by atoms with Crippen LogP contribution in [0.5, 0.6) is 5.75 Å². The fourth-order valence-corrected chi connectivity index (χ4v) is 4.61. The number of aliphatic hydroxyl groups is 1. The number of amides is 1. The number of pyridine rings is 1. The van der Waals surface area contributed by atoms with Crippen molar-refractivity contribution in [1.29, 1.82) is 0 Å². The summed E-state index contributed by atoms with van der Waals surface area (Å²) < 4.78 is 20.9. The molecule has 4 aromatic rings. The van der Waals surface area contributed by atoms with Crippen molar-refractivity contribution in [1.82, 2.24) is 14.8 Å². The fourth-order valence-electron chi connectivity index (χ4n) is 4.61. The Bertz CT molecular complexity index is 1440. The first-order chi connectivity index (χ1) is 16.2. The Labute approximate surface area is 195 Å². The van der Waals surface area contributed by atoms with E-state index in [-0.39, 0.29) is 23.2 Å². The summed E-state index contributed by atoms with van der Waals surface area (Å²) in [6, 6.07) is 13.2. The Hall–Kier alpha value is -3.98. The molecule has 1 saturated carbocycles. The largest absolute Gasteiger partial charge is 0.496 e. The number of carbonyl (C=O) groups excluding carboxylic acids is 1. The number of anilines is 1. The van der Waals surface area contributed by atoms with E-state index >= 15 is 0 Å². The van der Waals surface area contributed by atoms with Crippen molar-refractivity contribution in [3.8, 4) is 28.3 Å². The predicted molar refractivity (Wildman–Crippen MR) is 127 cm³/mol. The van der Waals surface area contributed by atoms with E-state index in [1.54, 1.807) is 49.0 Å². The molecule has 0 saturated heterocycles. The number of rotatable bonds is 5. The SMILES string of the molecule is COc1cc(-c2cccc(F)c2)nc2cc(-c3nn([C@H]4C[C@](C)(O)C4)c(N)c3C(N)=O)ccc12. The van der Waals surface area contributed by atoms with Crippen LogP contribution in [0.1, 0.15) is 36.2 Å². The third-order valence-electron chi connectivity index (χ3n) is 6.28. The van der Waals surface area contributed by atoms with Gasteiger partial charge in [0, 0.05) is 22.6 Å². The Kier molecular flexibility index (Phi) is 5.02. The fraction of sp³-hybridized carbons (Fsp3) is 0.240. The van der Waals surface area contributed by atoms with E-state index < -0.39 is 11.5 Å². The molecule has 0 bridgehead atoms. The van der Waals surface area contributed by atoms with Crippen LogP contribution in [0.2, 0.25) is 0 Å². The molecule has 5 rings (SSSR count). The number of aromatic nitrogens is 3. The summed E-state index contributed by atoms with van der Waals surface area (Å²) in [7, 11) is 1.55. The van der Waals surface area contributed by atoms with E-state index in [2.05, 4.69) is 5.10 Å². The number of benzene rings is 2. The first-order valence-electron chi connectivity index (χ1n) is 10.8. The number of nitrogens with two attached hydrogens (primary N) is 2. The molecule has 0 atom stereocenters. The molecule has 9 heteroatoms. The molecule has 174 valence electrons. The zero-order valence-corrected chi connectivity index (χ0v) is 18.7. The Morgan fingerprint density at radius 3 is 2.62 bits per heavy atom. The van der Waals surface area contributed by atoms with E-state index in [9.17, 15) is 14.3 Å². The second kappa shape index (κ2) is 7.81. The van der Waals surface area contributed by atoms with Crippen LogP contribution in [0.25, 0.3) is 33.4 Å². The molecule has 0 radical (unpaired) electrons. The average molecular weight is 461 g/mol. The van der Waals surface area contributed by atoms with Crippen LogP contribution < -0.4 is 16.2 Å². The number of hydrogen-bond donors (Lipinski definition) is 3. The summed E-state index contributed by atoms with van der Waals surface area (Å²) in [4.78, 5) is 17.0. The van der Waals surface area contributed by atoms with Crippen LogP contribution in [0, 0.1) is 5.82 Å². The second-order valence-electron chi connectivity index (χ2n) is 8.93. The van der Waals surface area contributed by atoms with E-state index in [1.807, 2.05) is 6.07 Å². The van der Waals surface area contributed by atoms with Gasteiger partial charge in [-0.3, -0.25) is 4.79 Å². The molecule has 1 amide bonds. The minimum Gasteiger partial charge on any atom is -0.496 e. The Morgan fingerprint density at radius 1 is 1.21 bits per heavy atom. The second-order valence-corrected chi connectivity index (χ2v) is 8.93. The van der Waals surface area contributed by atoms with Gasteiger partial charge in [-0.05, 0) is 44.0 Å². The quantitative estimate of drug-likeness (QED) is 0.416. The molecule has 8 nitrogen and oxygen atoms in total. The molecule has 2 aromatic heterocycles. The first-order valence-corrected chi connectivity index (χ1v) is 10.8. The lowest BCUT2D eigenvalue weighted by atomic mass is 9.77. The van der Waals surface area contributed by atoms with Crippen molar-refractivity contribution in [2.75, 3.05) is 12.8 Å². The standard InChI is InChI=1S/C25H24FN5O3/c1-25(33)11-16(12-25)31-23(27)21(24(28)32)22(30-31)14-6-7-17-19(9-14)29-18(10-20(17)34-2)13-4-3-5-15(26)8-13/h3-10,16,33H,11-12,27H2,1-2H3,(H2,28,32)/t16-,25-. The molecular weight excluding hydrogens is 437 g/mol. The third-order valence-corrected chi connectivity index (χ3v) is 6.28. The summed E-state index contributed by atoms with van der Waals surface area (Å²) in [5.41, 5.74) is 13.9. The Morgan fingerprint density at radius 2 is 1.97 bits per heavy atom. The Balaban J connectivity index is 1.65. The summed E-state index contributed by atoms with van der Waals surface area (Å²) in [6.07, 6.45) is 0.952. The lowest BCUT2D eigenvalue weighted by Gasteiger charge is -2.41. The molecule has 1 fully saturated rings. The van der Waals surface area contributed by atoms with Gasteiger partial charge in [0.2, 0.25) is 0 Å². The maximum Gasteiger partial charge on any atom is 0.254 e. The maximum atomic E-state index is 13.8. The number of carbonyl (C=O) groups is 1. The molecule has 1 aliphatic carbocycles. The maximum absolute atomic E-state index is 13.8. The van der Waals surface area contributed by atoms with Crippen molar-refractivity contribution in [2.45, 2.75) is 31.4 Å². The van der Waals surface area contributed by atoms with Gasteiger partial charge in [-0.1, -0.05) is 18.2 Å². The highest BCUT2D eigenvalue weighted by atomic mass is 19.1. The van der Waals surface area contributed by atoms with Crippen LogP contribution in [-0.4, -0.2) is 38.5 Å². The zero-order chi connectivity index (χ0) is 24.2. The molecule has 5 N–H and O–H groups in total. The van der Waals surface area contributed by atoms with Crippen LogP contribution in [0.3, 0.4) is 0 Å². The van der Waals surface area contributed by atoms with Crippen LogP contribution in [0.15, 0.2) is 48.5 Å². The van der Waals surface area contributed by atoms with E-state index in [4.69, 9.17) is 21.2 Å². The van der Waals surface area contributed by atoms with Crippen molar-refractivity contribution in [2.24, 2.45) is 5.73 Å². The third kappa shape index (κ3) is 3.63. The van der Waals surface area contributed by atoms with Gasteiger partial charge >= 0.3 is 0 Å². The van der Waals surface area contributed by atoms with Crippen molar-refractivity contribution in [3.63, 3.8) is 0 Å². The summed E-state index contributed by atoms with van der Waals surface area (Å²) in [6.45, 7) is 1.75. The number of nitrogens with zero attached hydrogens (tertiary/aromatic N) is 3. The lowest BCUT2D eigenvalue weighted by molar-refractivity contribution is -0.0535. The number of ether oxygens (including phenoxy) is 1. The first kappa shape index (κ1) is 21.8. The average Bonchev–Trinajstić information content (AvgIpc) is 3.13. The van der Waals surface area contributed by atoms with Gasteiger partial charge < -0.3 is 21.3 Å². The van der Waals surface area contributed by atoms with E-state index in [0.29, 0.717) is 46.6 Å². The van der Waals surface area contributed by atoms with E-state index in [0.717, 1.165) is 5.39 Å². The number of fused-ring (bicyclic) bond motifs is 1. The minimum atomic E-state index is -0.785. The van der Waals surface area contributed by atoms with Gasteiger partial charge in [0.15, 0.2) is 0 Å². The van der Waals surface area contributed by atoms with Crippen LogP contribution in [-0.2, 0) is 0 Å². The smallest absolute Gasteiger partial charge is 0.254 e. The number of nitrogen functional groups attached to an aromatic ring is 1. The normalized spacial score (nSPS) is 19.7. The van der Waals surface area contributed by atoms with Crippen LogP contribution in [0.4, 0.5) is 10.2 Å². The highest BCUT2D eigenvalue weighted by molar-refractivity contribution is 6.04. The molecule has 0 unspecified atom stereocenters. The molecule has 0 spiro atoms. The topological polar surface area (TPSA) is 129 Å². The molecule has 0 aliphatic heterocycles. The summed E-state index contributed by atoms with van der Waals surface area (Å²) in [5, 5.41) is 15.5. The predicted octanol–water partition coefficient (Wildman–Crippen LogP) is 3.68. The van der Waals surface area contributed by atoms with Crippen LogP contribution >= 0.6 is 0 Å². The minimum absolute atomic E-state index is 0.124. The highest BCUT2D eigenvalue weighted by Gasteiger charge is 2.41. The van der Waals surface area contributed by atoms with Gasteiger partial charge in [0.25, 0.3) is 5.91 Å². The summed E-state index contributed by atoms with van der Waals surface area (Å²) >= 11 is 0.